The van der Waals surface area contributed by atoms with Crippen LogP contribution in [0.25, 0.3) is 0 Å². The van der Waals surface area contributed by atoms with Gasteiger partial charge in [0, 0.05) is 6.42 Å². The first-order valence-corrected chi connectivity index (χ1v) is 11.9. The molecular formula is C21H26F6O4S. The maximum absolute atomic E-state index is 12.7. The lowest BCUT2D eigenvalue weighted by Crippen LogP contribution is -2.48. The van der Waals surface area contributed by atoms with Gasteiger partial charge in [-0.3, -0.25) is 0 Å². The van der Waals surface area contributed by atoms with Crippen molar-refractivity contribution in [2.24, 2.45) is 5.92 Å². The molecule has 1 fully saturated rings. The highest BCUT2D eigenvalue weighted by molar-refractivity contribution is 7.88. The van der Waals surface area contributed by atoms with Gasteiger partial charge in [0.15, 0.2) is 0 Å². The van der Waals surface area contributed by atoms with E-state index >= 15 is 0 Å². The normalized spacial score (nSPS) is 29.1. The Morgan fingerprint density at radius 3 is 2.44 bits per heavy atom. The van der Waals surface area contributed by atoms with Crippen LogP contribution in [0.15, 0.2) is 18.2 Å². The summed E-state index contributed by atoms with van der Waals surface area (Å²) in [4.78, 5) is 0. The number of halogens is 6. The highest BCUT2D eigenvalue weighted by Crippen LogP contribution is 2.55. The van der Waals surface area contributed by atoms with Crippen LogP contribution in [0.1, 0.15) is 69.4 Å². The largest absolute Gasteiger partial charge is 0.534 e. The Bertz CT molecular complexity index is 943. The molecule has 0 aliphatic heterocycles. The molecule has 2 aliphatic rings. The Morgan fingerprint density at radius 2 is 1.84 bits per heavy atom. The molecule has 1 aromatic rings. The highest BCUT2D eigenvalue weighted by atomic mass is 32.2. The Balaban J connectivity index is 1.90. The van der Waals surface area contributed by atoms with Crippen LogP contribution in [-0.4, -0.2) is 30.8 Å². The Morgan fingerprint density at radius 1 is 1.16 bits per heavy atom. The molecule has 0 saturated heterocycles. The Hall–Kier alpha value is -1.49. The standard InChI is InChI=1S/C21H26F6O4S/c1-2-19-10-8-18(28,9-11-20(22,23)24)13-15(19)5-3-4-14-12-16(6-7-17(14)19)31-32(29,30)21(25,26)27/h6-7,12,15,28H,2-5,8-11,13H2,1H3/t15-,18-,19+/m0/s1. The fraction of sp³-hybridized carbons (Fsp3) is 0.714. The maximum atomic E-state index is 12.7. The number of fused-ring (bicyclic) bond motifs is 3. The SMILES string of the molecule is CC[C@@]12CC[C@](O)(CCC(F)(F)F)C[C@@H]1CCCc1cc(OS(=O)(=O)C(F)(F)F)ccc12. The molecule has 0 aromatic heterocycles. The highest BCUT2D eigenvalue weighted by Gasteiger charge is 2.51. The van der Waals surface area contributed by atoms with Gasteiger partial charge >= 0.3 is 21.8 Å². The van der Waals surface area contributed by atoms with Crippen LogP contribution in [0.4, 0.5) is 26.3 Å². The van der Waals surface area contributed by atoms with Crippen molar-refractivity contribution < 1.29 is 44.0 Å². The van der Waals surface area contributed by atoms with E-state index in [9.17, 15) is 39.9 Å². The van der Waals surface area contributed by atoms with Gasteiger partial charge in [-0.15, -0.1) is 0 Å². The molecule has 0 heterocycles. The summed E-state index contributed by atoms with van der Waals surface area (Å²) < 4.78 is 103. The molecular weight excluding hydrogens is 462 g/mol. The number of hydrogen-bond donors (Lipinski definition) is 1. The molecule has 3 rings (SSSR count). The monoisotopic (exact) mass is 488 g/mol. The van der Waals surface area contributed by atoms with Crippen molar-refractivity contribution in [1.29, 1.82) is 0 Å². The number of benzene rings is 1. The van der Waals surface area contributed by atoms with E-state index in [4.69, 9.17) is 0 Å². The second-order valence-electron chi connectivity index (χ2n) is 8.94. The second-order valence-corrected chi connectivity index (χ2v) is 10.5. The quantitative estimate of drug-likeness (QED) is 0.325. The molecule has 11 heteroatoms. The zero-order valence-electron chi connectivity index (χ0n) is 17.5. The molecule has 0 radical (unpaired) electrons. The van der Waals surface area contributed by atoms with Crippen LogP contribution in [0, 0.1) is 5.92 Å². The summed E-state index contributed by atoms with van der Waals surface area (Å²) in [5.41, 5.74) is -5.88. The molecule has 4 nitrogen and oxygen atoms in total. The summed E-state index contributed by atoms with van der Waals surface area (Å²) >= 11 is 0. The van der Waals surface area contributed by atoms with Crippen molar-refractivity contribution in [3.8, 4) is 5.75 Å². The van der Waals surface area contributed by atoms with Crippen molar-refractivity contribution in [2.45, 2.75) is 87.4 Å². The third kappa shape index (κ3) is 5.03. The molecule has 0 spiro atoms. The van der Waals surface area contributed by atoms with Gasteiger partial charge in [-0.05, 0) is 86.0 Å². The first kappa shape index (κ1) is 25.1. The lowest BCUT2D eigenvalue weighted by atomic mass is 9.56. The summed E-state index contributed by atoms with van der Waals surface area (Å²) in [6.07, 6.45) is -2.54. The van der Waals surface area contributed by atoms with Gasteiger partial charge in [0.05, 0.1) is 5.60 Å². The van der Waals surface area contributed by atoms with E-state index in [2.05, 4.69) is 4.18 Å². The van der Waals surface area contributed by atoms with Crippen LogP contribution in [0.2, 0.25) is 0 Å². The molecule has 1 aromatic carbocycles. The average molecular weight is 488 g/mol. The number of hydrogen-bond acceptors (Lipinski definition) is 4. The minimum absolute atomic E-state index is 0.0913. The lowest BCUT2D eigenvalue weighted by Gasteiger charge is -2.50. The number of aryl methyl sites for hydroxylation is 1. The minimum atomic E-state index is -5.79. The van der Waals surface area contributed by atoms with Gasteiger partial charge in [-0.25, -0.2) is 0 Å². The van der Waals surface area contributed by atoms with Gasteiger partial charge in [0.1, 0.15) is 5.75 Å². The van der Waals surface area contributed by atoms with Crippen molar-refractivity contribution in [1.82, 2.24) is 0 Å². The van der Waals surface area contributed by atoms with Crippen molar-refractivity contribution in [2.75, 3.05) is 0 Å². The van der Waals surface area contributed by atoms with E-state index in [1.807, 2.05) is 6.92 Å². The van der Waals surface area contributed by atoms with Gasteiger partial charge in [-0.2, -0.15) is 34.8 Å². The first-order valence-electron chi connectivity index (χ1n) is 10.5. The fourth-order valence-corrected chi connectivity index (χ4v) is 5.89. The zero-order chi connectivity index (χ0) is 24.0. The van der Waals surface area contributed by atoms with Gasteiger partial charge in [0.2, 0.25) is 0 Å². The predicted octanol–water partition coefficient (Wildman–Crippen LogP) is 5.77. The van der Waals surface area contributed by atoms with Crippen molar-refractivity contribution in [3.05, 3.63) is 29.3 Å². The van der Waals surface area contributed by atoms with E-state index in [1.165, 1.54) is 12.1 Å². The lowest BCUT2D eigenvalue weighted by molar-refractivity contribution is -0.153. The molecule has 3 atom stereocenters. The van der Waals surface area contributed by atoms with Gasteiger partial charge in [-0.1, -0.05) is 13.0 Å². The zero-order valence-corrected chi connectivity index (χ0v) is 18.3. The third-order valence-electron chi connectivity index (χ3n) is 7.05. The molecule has 2 aliphatic carbocycles. The van der Waals surface area contributed by atoms with E-state index < -0.39 is 45.0 Å². The molecule has 0 amide bonds. The summed E-state index contributed by atoms with van der Waals surface area (Å²) in [7, 11) is -5.79. The molecule has 182 valence electrons. The molecule has 1 saturated carbocycles. The predicted molar refractivity (Wildman–Crippen MR) is 105 cm³/mol. The summed E-state index contributed by atoms with van der Waals surface area (Å²) in [5.74, 6) is -0.519. The number of alkyl halides is 6. The topological polar surface area (TPSA) is 63.6 Å². The Kier molecular flexibility index (Phi) is 6.58. The number of aliphatic hydroxyl groups is 1. The summed E-state index contributed by atoms with van der Waals surface area (Å²) in [5, 5.41) is 10.9. The van der Waals surface area contributed by atoms with Crippen LogP contribution in [0.3, 0.4) is 0 Å². The summed E-state index contributed by atoms with van der Waals surface area (Å²) in [6.45, 7) is 1.95. The average Bonchev–Trinajstić information content (AvgIpc) is 2.81. The van der Waals surface area contributed by atoms with Crippen molar-refractivity contribution in [3.63, 3.8) is 0 Å². The van der Waals surface area contributed by atoms with E-state index in [0.717, 1.165) is 5.56 Å². The van der Waals surface area contributed by atoms with Crippen LogP contribution in [-0.2, 0) is 22.0 Å². The van der Waals surface area contributed by atoms with Gasteiger partial charge in [0.25, 0.3) is 0 Å². The number of rotatable bonds is 5. The molecule has 0 unspecified atom stereocenters. The smallest absolute Gasteiger partial charge is 0.390 e. The van der Waals surface area contributed by atoms with E-state index in [-0.39, 0.29) is 25.2 Å². The van der Waals surface area contributed by atoms with Gasteiger partial charge < -0.3 is 9.29 Å². The van der Waals surface area contributed by atoms with Crippen molar-refractivity contribution >= 4 is 10.1 Å². The molecule has 1 N–H and O–H groups in total. The fourth-order valence-electron chi connectivity index (χ4n) is 5.43. The molecule has 32 heavy (non-hydrogen) atoms. The third-order valence-corrected chi connectivity index (χ3v) is 8.03. The second kappa shape index (κ2) is 8.38. The van der Waals surface area contributed by atoms with E-state index in [0.29, 0.717) is 37.7 Å². The first-order chi connectivity index (χ1) is 14.6. The summed E-state index contributed by atoms with van der Waals surface area (Å²) in [6, 6.07) is 4.06. The maximum Gasteiger partial charge on any atom is 0.534 e. The van der Waals surface area contributed by atoms with Crippen LogP contribution >= 0.6 is 0 Å². The minimum Gasteiger partial charge on any atom is -0.390 e. The van der Waals surface area contributed by atoms with E-state index in [1.54, 1.807) is 6.07 Å². The van der Waals surface area contributed by atoms with Crippen LogP contribution < -0.4 is 4.18 Å². The Labute approximate surface area is 183 Å². The molecule has 0 bridgehead atoms. The van der Waals surface area contributed by atoms with Crippen LogP contribution in [0.5, 0.6) is 5.75 Å².